The number of aliphatic carboxylic acids is 1. The summed E-state index contributed by atoms with van der Waals surface area (Å²) in [6.45, 7) is 9.97. The molecule has 0 aromatic rings. The Hall–Kier alpha value is -1.98. The molecule has 0 bridgehead atoms. The number of nitrogens with one attached hydrogen (secondary N) is 1. The minimum atomic E-state index is -0.827. The Kier molecular flexibility index (Phi) is 13.6. The van der Waals surface area contributed by atoms with Gasteiger partial charge in [0.05, 0.1) is 5.57 Å². The molecule has 0 saturated carbocycles. The van der Waals surface area contributed by atoms with E-state index in [9.17, 15) is 9.59 Å². The van der Waals surface area contributed by atoms with Gasteiger partial charge in [0, 0.05) is 37.6 Å². The molecule has 24 heavy (non-hydrogen) atoms. The molecule has 0 radical (unpaired) electrons. The Morgan fingerprint density at radius 1 is 1.04 bits per heavy atom. The zero-order valence-electron chi connectivity index (χ0n) is 16.3. The Labute approximate surface area is 146 Å². The molecule has 0 spiro atoms. The largest absolute Gasteiger partial charge is 0.478 e. The first-order valence-corrected chi connectivity index (χ1v) is 8.41. The third kappa shape index (κ3) is 10.7. The van der Waals surface area contributed by atoms with Crippen molar-refractivity contribution in [3.05, 3.63) is 22.5 Å². The first kappa shape index (κ1) is 24.3. The number of rotatable bonds is 8. The number of amides is 1. The topological polar surface area (TPSA) is 95.7 Å². The summed E-state index contributed by atoms with van der Waals surface area (Å²) in [5.41, 5.74) is 8.02. The van der Waals surface area contributed by atoms with Gasteiger partial charge in [-0.2, -0.15) is 0 Å². The fraction of sp³-hybridized carbons (Fsp3) is 0.667. The number of hydrogen-bond acceptors (Lipinski definition) is 4. The molecule has 1 amide bonds. The van der Waals surface area contributed by atoms with E-state index in [1.165, 1.54) is 0 Å². The van der Waals surface area contributed by atoms with Crippen molar-refractivity contribution in [3.63, 3.8) is 0 Å². The maximum Gasteiger partial charge on any atom is 0.333 e. The molecule has 0 heterocycles. The van der Waals surface area contributed by atoms with Gasteiger partial charge in [0.25, 0.3) is 0 Å². The predicted octanol–water partition coefficient (Wildman–Crippen LogP) is 2.86. The lowest BCUT2D eigenvalue weighted by atomic mass is 10.1. The molecule has 0 fully saturated rings. The highest BCUT2D eigenvalue weighted by molar-refractivity contribution is 5.93. The Balaban J connectivity index is 0. The van der Waals surface area contributed by atoms with Crippen LogP contribution in [-0.4, -0.2) is 42.5 Å². The van der Waals surface area contributed by atoms with Gasteiger partial charge in [-0.3, -0.25) is 4.79 Å². The first-order chi connectivity index (χ1) is 11.1. The summed E-state index contributed by atoms with van der Waals surface area (Å²) in [5.74, 6) is -0.879. The van der Waals surface area contributed by atoms with Gasteiger partial charge in [-0.25, -0.2) is 4.79 Å². The van der Waals surface area contributed by atoms with Crippen LogP contribution in [0.25, 0.3) is 0 Å². The van der Waals surface area contributed by atoms with E-state index in [0.29, 0.717) is 16.8 Å². The highest BCUT2D eigenvalue weighted by Gasteiger charge is 2.09. The number of carbonyl (C=O) groups excluding carboxylic acids is 1. The summed E-state index contributed by atoms with van der Waals surface area (Å²) in [7, 11) is 3.74. The highest BCUT2D eigenvalue weighted by Crippen LogP contribution is 2.13. The van der Waals surface area contributed by atoms with Gasteiger partial charge in [-0.05, 0) is 33.6 Å². The summed E-state index contributed by atoms with van der Waals surface area (Å²) in [6, 6.07) is 0. The van der Waals surface area contributed by atoms with E-state index >= 15 is 0 Å². The van der Waals surface area contributed by atoms with Crippen molar-refractivity contribution in [3.8, 4) is 0 Å². The van der Waals surface area contributed by atoms with E-state index in [1.807, 2.05) is 25.9 Å². The Morgan fingerprint density at radius 2 is 1.58 bits per heavy atom. The van der Waals surface area contributed by atoms with Gasteiger partial charge < -0.3 is 21.1 Å². The van der Waals surface area contributed by atoms with Crippen molar-refractivity contribution in [1.82, 2.24) is 10.2 Å². The molecule has 6 nitrogen and oxygen atoms in total. The second-order valence-corrected chi connectivity index (χ2v) is 5.94. The molecule has 0 aromatic carbocycles. The number of hydrogen-bond donors (Lipinski definition) is 3. The SMILES string of the molecule is CCC/C(=C(/C)C(=O)O)N(C)C.CCCCNC(=O)/C(C)=C(/C)N. The lowest BCUT2D eigenvalue weighted by Gasteiger charge is -2.18. The van der Waals surface area contributed by atoms with Crippen LogP contribution >= 0.6 is 0 Å². The van der Waals surface area contributed by atoms with E-state index in [4.69, 9.17) is 10.8 Å². The average Bonchev–Trinajstić information content (AvgIpc) is 2.51. The normalized spacial score (nSPS) is 12.3. The zero-order chi connectivity index (χ0) is 19.3. The molecule has 0 aromatic heterocycles. The van der Waals surface area contributed by atoms with Crippen molar-refractivity contribution in [1.29, 1.82) is 0 Å². The quantitative estimate of drug-likeness (QED) is 0.466. The van der Waals surface area contributed by atoms with Crippen LogP contribution in [0.15, 0.2) is 22.5 Å². The number of nitrogens with two attached hydrogens (primary N) is 1. The van der Waals surface area contributed by atoms with E-state index < -0.39 is 5.97 Å². The smallest absolute Gasteiger partial charge is 0.333 e. The van der Waals surface area contributed by atoms with Crippen molar-refractivity contribution < 1.29 is 14.7 Å². The molecule has 0 aliphatic carbocycles. The van der Waals surface area contributed by atoms with Gasteiger partial charge in [0.1, 0.15) is 0 Å². The van der Waals surface area contributed by atoms with Gasteiger partial charge in [-0.1, -0.05) is 26.7 Å². The standard InChI is InChI=1S/C9H18N2O.C9H17NO2/c1-4-5-6-11-9(12)7(2)8(3)10;1-5-6-8(10(3)4)7(2)9(11)12/h4-6,10H2,1-3H3,(H,11,12);5-6H2,1-4H3,(H,11,12)/b8-7-;8-7+. The minimum Gasteiger partial charge on any atom is -0.478 e. The monoisotopic (exact) mass is 341 g/mol. The minimum absolute atomic E-state index is 0.0524. The summed E-state index contributed by atoms with van der Waals surface area (Å²) >= 11 is 0. The summed E-state index contributed by atoms with van der Waals surface area (Å²) in [4.78, 5) is 23.7. The molecule has 0 atom stereocenters. The van der Waals surface area contributed by atoms with Crippen molar-refractivity contribution in [2.24, 2.45) is 5.73 Å². The third-order valence-corrected chi connectivity index (χ3v) is 3.53. The van der Waals surface area contributed by atoms with Gasteiger partial charge in [-0.15, -0.1) is 0 Å². The van der Waals surface area contributed by atoms with Crippen molar-refractivity contribution in [2.45, 2.75) is 60.3 Å². The summed E-state index contributed by atoms with van der Waals surface area (Å²) in [5, 5.41) is 11.5. The highest BCUT2D eigenvalue weighted by atomic mass is 16.4. The van der Waals surface area contributed by atoms with Crippen LogP contribution in [0.5, 0.6) is 0 Å². The number of carboxylic acids is 1. The van der Waals surface area contributed by atoms with E-state index in [-0.39, 0.29) is 5.91 Å². The molecule has 0 aliphatic rings. The molecule has 0 rings (SSSR count). The number of carbonyl (C=O) groups is 2. The number of carboxylic acid groups (broad SMARTS) is 1. The molecule has 0 unspecified atom stereocenters. The van der Waals surface area contributed by atoms with Crippen LogP contribution in [0, 0.1) is 0 Å². The van der Waals surface area contributed by atoms with Crippen LogP contribution in [0.4, 0.5) is 0 Å². The average molecular weight is 341 g/mol. The van der Waals surface area contributed by atoms with Crippen LogP contribution in [0.2, 0.25) is 0 Å². The molecule has 6 heteroatoms. The van der Waals surface area contributed by atoms with Gasteiger partial charge in [0.15, 0.2) is 0 Å². The number of allylic oxidation sites excluding steroid dienone is 2. The maximum atomic E-state index is 11.2. The Morgan fingerprint density at radius 3 is 1.92 bits per heavy atom. The third-order valence-electron chi connectivity index (χ3n) is 3.53. The van der Waals surface area contributed by atoms with Gasteiger partial charge >= 0.3 is 5.97 Å². The fourth-order valence-corrected chi connectivity index (χ4v) is 1.80. The number of unbranched alkanes of at least 4 members (excludes halogenated alkanes) is 1. The molecule has 140 valence electrons. The summed E-state index contributed by atoms with van der Waals surface area (Å²) < 4.78 is 0. The molecular weight excluding hydrogens is 306 g/mol. The van der Waals surface area contributed by atoms with Gasteiger partial charge in [0.2, 0.25) is 5.91 Å². The molecular formula is C18H35N3O3. The van der Waals surface area contributed by atoms with Crippen molar-refractivity contribution >= 4 is 11.9 Å². The van der Waals surface area contributed by atoms with Crippen LogP contribution in [0.1, 0.15) is 60.3 Å². The van der Waals surface area contributed by atoms with Crippen molar-refractivity contribution in [2.75, 3.05) is 20.6 Å². The lowest BCUT2D eigenvalue weighted by molar-refractivity contribution is -0.132. The second kappa shape index (κ2) is 13.5. The maximum absolute atomic E-state index is 11.2. The van der Waals surface area contributed by atoms with E-state index in [1.54, 1.807) is 20.8 Å². The lowest BCUT2D eigenvalue weighted by Crippen LogP contribution is -2.26. The first-order valence-electron chi connectivity index (χ1n) is 8.41. The van der Waals surface area contributed by atoms with Crippen LogP contribution in [-0.2, 0) is 9.59 Å². The molecule has 0 saturated heterocycles. The van der Waals surface area contributed by atoms with E-state index in [2.05, 4.69) is 12.2 Å². The van der Waals surface area contributed by atoms with Crippen LogP contribution in [0.3, 0.4) is 0 Å². The predicted molar refractivity (Wildman–Crippen MR) is 99.4 cm³/mol. The molecule has 0 aliphatic heterocycles. The zero-order valence-corrected chi connectivity index (χ0v) is 16.3. The van der Waals surface area contributed by atoms with Crippen LogP contribution < -0.4 is 11.1 Å². The summed E-state index contributed by atoms with van der Waals surface area (Å²) in [6.07, 6.45) is 3.90. The fourth-order valence-electron chi connectivity index (χ4n) is 1.80. The second-order valence-electron chi connectivity index (χ2n) is 5.94. The van der Waals surface area contributed by atoms with E-state index in [0.717, 1.165) is 37.9 Å². The Bertz CT molecular complexity index is 462. The molecule has 4 N–H and O–H groups in total. The number of nitrogens with zero attached hydrogens (tertiary/aromatic N) is 1.